The molecular formula is C20H24N6O. The molecule has 140 valence electrons. The zero-order valence-corrected chi connectivity index (χ0v) is 15.6. The van der Waals surface area contributed by atoms with Crippen LogP contribution in [-0.2, 0) is 13.6 Å². The third-order valence-corrected chi connectivity index (χ3v) is 5.93. The van der Waals surface area contributed by atoms with Gasteiger partial charge in [-0.1, -0.05) is 6.07 Å². The molecule has 1 aliphatic carbocycles. The smallest absolute Gasteiger partial charge is 0.250 e. The van der Waals surface area contributed by atoms with Crippen molar-refractivity contribution >= 4 is 5.65 Å². The minimum atomic E-state index is 0.0508. The lowest BCUT2D eigenvalue weighted by Gasteiger charge is -2.31. The van der Waals surface area contributed by atoms with Gasteiger partial charge in [0.15, 0.2) is 11.5 Å². The van der Waals surface area contributed by atoms with Crippen molar-refractivity contribution in [1.29, 1.82) is 0 Å². The van der Waals surface area contributed by atoms with E-state index in [0.29, 0.717) is 11.8 Å². The van der Waals surface area contributed by atoms with Gasteiger partial charge in [-0.25, -0.2) is 0 Å². The molecular weight excluding hydrogens is 340 g/mol. The van der Waals surface area contributed by atoms with Crippen LogP contribution in [0.1, 0.15) is 54.7 Å². The second kappa shape index (κ2) is 6.56. The first-order valence-electron chi connectivity index (χ1n) is 9.78. The van der Waals surface area contributed by atoms with E-state index in [-0.39, 0.29) is 5.56 Å². The summed E-state index contributed by atoms with van der Waals surface area (Å²) in [6.45, 7) is 2.79. The molecule has 4 heterocycles. The third kappa shape index (κ3) is 3.16. The second-order valence-corrected chi connectivity index (χ2v) is 7.83. The molecule has 0 atom stereocenters. The quantitative estimate of drug-likeness (QED) is 0.709. The van der Waals surface area contributed by atoms with Gasteiger partial charge in [-0.2, -0.15) is 9.61 Å². The number of hydrogen-bond donors (Lipinski definition) is 0. The summed E-state index contributed by atoms with van der Waals surface area (Å²) in [5.74, 6) is 2.01. The highest BCUT2D eigenvalue weighted by Gasteiger charge is 2.28. The van der Waals surface area contributed by atoms with Crippen molar-refractivity contribution in [2.75, 3.05) is 13.1 Å². The van der Waals surface area contributed by atoms with E-state index in [1.165, 1.54) is 18.5 Å². The summed E-state index contributed by atoms with van der Waals surface area (Å²) in [5.41, 5.74) is 3.13. The molecule has 2 fully saturated rings. The van der Waals surface area contributed by atoms with Gasteiger partial charge in [-0.15, -0.1) is 10.2 Å². The minimum absolute atomic E-state index is 0.0508. The molecule has 3 aromatic heterocycles. The van der Waals surface area contributed by atoms with Crippen LogP contribution in [-0.4, -0.2) is 42.4 Å². The van der Waals surface area contributed by atoms with Crippen molar-refractivity contribution in [3.05, 3.63) is 57.9 Å². The van der Waals surface area contributed by atoms with Gasteiger partial charge in [0.2, 0.25) is 5.56 Å². The molecule has 0 amide bonds. The molecule has 0 spiro atoms. The zero-order chi connectivity index (χ0) is 18.4. The molecule has 2 aliphatic rings. The van der Waals surface area contributed by atoms with Crippen molar-refractivity contribution in [3.8, 4) is 0 Å². The molecule has 27 heavy (non-hydrogen) atoms. The topological polar surface area (TPSA) is 68.3 Å². The predicted molar refractivity (Wildman–Crippen MR) is 102 cm³/mol. The monoisotopic (exact) mass is 364 g/mol. The van der Waals surface area contributed by atoms with Crippen LogP contribution in [0.3, 0.4) is 0 Å². The number of pyridine rings is 1. The SMILES string of the molecule is Cn1c(CN2CCC(c3nnc4ccc(C5CC5)nn34)CC2)cccc1=O. The molecule has 1 aliphatic heterocycles. The normalized spacial score (nSPS) is 19.0. The summed E-state index contributed by atoms with van der Waals surface area (Å²) >= 11 is 0. The largest absolute Gasteiger partial charge is 0.314 e. The van der Waals surface area contributed by atoms with Crippen molar-refractivity contribution in [3.63, 3.8) is 0 Å². The van der Waals surface area contributed by atoms with Crippen LogP contribution >= 0.6 is 0 Å². The Kier molecular flexibility index (Phi) is 4.04. The van der Waals surface area contributed by atoms with Crippen LogP contribution < -0.4 is 5.56 Å². The van der Waals surface area contributed by atoms with E-state index in [2.05, 4.69) is 21.2 Å². The van der Waals surface area contributed by atoms with Gasteiger partial charge in [-0.3, -0.25) is 9.69 Å². The number of fused-ring (bicyclic) bond motifs is 1. The minimum Gasteiger partial charge on any atom is -0.314 e. The van der Waals surface area contributed by atoms with Gasteiger partial charge in [0.1, 0.15) is 0 Å². The molecule has 5 rings (SSSR count). The molecule has 7 heteroatoms. The van der Waals surface area contributed by atoms with Gasteiger partial charge in [0.05, 0.1) is 5.69 Å². The molecule has 3 aromatic rings. The Morgan fingerprint density at radius 2 is 1.81 bits per heavy atom. The molecule has 1 saturated heterocycles. The van der Waals surface area contributed by atoms with E-state index >= 15 is 0 Å². The summed E-state index contributed by atoms with van der Waals surface area (Å²) in [5, 5.41) is 13.6. The fourth-order valence-corrected chi connectivity index (χ4v) is 4.01. The number of likely N-dealkylation sites (tertiary alicyclic amines) is 1. The van der Waals surface area contributed by atoms with E-state index < -0.39 is 0 Å². The molecule has 1 saturated carbocycles. The lowest BCUT2D eigenvalue weighted by atomic mass is 9.96. The first-order valence-corrected chi connectivity index (χ1v) is 9.78. The van der Waals surface area contributed by atoms with Gasteiger partial charge in [0.25, 0.3) is 0 Å². The molecule has 0 bridgehead atoms. The zero-order valence-electron chi connectivity index (χ0n) is 15.6. The van der Waals surface area contributed by atoms with Crippen molar-refractivity contribution in [2.45, 2.75) is 44.1 Å². The Morgan fingerprint density at radius 1 is 1.00 bits per heavy atom. The van der Waals surface area contributed by atoms with E-state index in [1.54, 1.807) is 10.6 Å². The first kappa shape index (κ1) is 16.6. The Labute approximate surface area is 157 Å². The highest BCUT2D eigenvalue weighted by Crippen LogP contribution is 2.39. The van der Waals surface area contributed by atoms with Crippen molar-refractivity contribution in [1.82, 2.24) is 29.3 Å². The highest BCUT2D eigenvalue weighted by atomic mass is 16.1. The number of rotatable bonds is 4. The molecule has 0 radical (unpaired) electrons. The Hall–Kier alpha value is -2.54. The fourth-order valence-electron chi connectivity index (χ4n) is 4.01. The number of aromatic nitrogens is 5. The van der Waals surface area contributed by atoms with Crippen LogP contribution in [0.2, 0.25) is 0 Å². The van der Waals surface area contributed by atoms with E-state index in [9.17, 15) is 4.79 Å². The van der Waals surface area contributed by atoms with Crippen LogP contribution in [0.5, 0.6) is 0 Å². The lowest BCUT2D eigenvalue weighted by molar-refractivity contribution is 0.196. The molecule has 7 nitrogen and oxygen atoms in total. The summed E-state index contributed by atoms with van der Waals surface area (Å²) in [4.78, 5) is 14.2. The second-order valence-electron chi connectivity index (χ2n) is 7.83. The van der Waals surface area contributed by atoms with Gasteiger partial charge in [0, 0.05) is 37.2 Å². The fraction of sp³-hybridized carbons (Fsp3) is 0.500. The lowest BCUT2D eigenvalue weighted by Crippen LogP contribution is -2.34. The Morgan fingerprint density at radius 3 is 2.59 bits per heavy atom. The summed E-state index contributed by atoms with van der Waals surface area (Å²) in [6.07, 6.45) is 4.57. The van der Waals surface area contributed by atoms with Crippen molar-refractivity contribution in [2.24, 2.45) is 7.05 Å². The maximum absolute atomic E-state index is 11.8. The Bertz CT molecular complexity index is 1030. The standard InChI is InChI=1S/C20H24N6O/c1-24-16(3-2-4-19(24)27)13-25-11-9-15(10-12-25)20-22-21-18-8-7-17(14-5-6-14)23-26(18)20/h2-4,7-8,14-15H,5-6,9-13H2,1H3. The van der Waals surface area contributed by atoms with Gasteiger partial charge < -0.3 is 4.57 Å². The molecule has 0 unspecified atom stereocenters. The first-order chi connectivity index (χ1) is 13.2. The Balaban J connectivity index is 1.30. The van der Waals surface area contributed by atoms with Crippen LogP contribution in [0.4, 0.5) is 0 Å². The number of hydrogen-bond acceptors (Lipinski definition) is 5. The van der Waals surface area contributed by atoms with Gasteiger partial charge >= 0.3 is 0 Å². The van der Waals surface area contributed by atoms with Crippen LogP contribution in [0.15, 0.2) is 35.1 Å². The average molecular weight is 364 g/mol. The molecule has 0 aromatic carbocycles. The van der Waals surface area contributed by atoms with Crippen molar-refractivity contribution < 1.29 is 0 Å². The van der Waals surface area contributed by atoms with Crippen LogP contribution in [0.25, 0.3) is 5.65 Å². The maximum Gasteiger partial charge on any atom is 0.250 e. The van der Waals surface area contributed by atoms with E-state index in [1.807, 2.05) is 29.8 Å². The number of nitrogens with zero attached hydrogens (tertiary/aromatic N) is 6. The average Bonchev–Trinajstić information content (AvgIpc) is 3.46. The highest BCUT2D eigenvalue weighted by molar-refractivity contribution is 5.38. The molecule has 0 N–H and O–H groups in total. The van der Waals surface area contributed by atoms with E-state index in [4.69, 9.17) is 5.10 Å². The van der Waals surface area contributed by atoms with Crippen LogP contribution in [0, 0.1) is 0 Å². The number of piperidine rings is 1. The third-order valence-electron chi connectivity index (χ3n) is 5.93. The summed E-state index contributed by atoms with van der Waals surface area (Å²) in [6, 6.07) is 9.62. The summed E-state index contributed by atoms with van der Waals surface area (Å²) < 4.78 is 3.70. The maximum atomic E-state index is 11.8. The predicted octanol–water partition coefficient (Wildman–Crippen LogP) is 2.08. The summed E-state index contributed by atoms with van der Waals surface area (Å²) in [7, 11) is 1.84. The van der Waals surface area contributed by atoms with E-state index in [0.717, 1.165) is 49.6 Å². The van der Waals surface area contributed by atoms with Gasteiger partial charge in [-0.05, 0) is 57.0 Å².